The van der Waals surface area contributed by atoms with Gasteiger partial charge in [-0.05, 0) is 63.6 Å². The van der Waals surface area contributed by atoms with Crippen molar-refractivity contribution in [1.82, 2.24) is 15.0 Å². The van der Waals surface area contributed by atoms with E-state index in [1.54, 1.807) is 6.20 Å². The molecule has 3 nitrogen and oxygen atoms in total. The lowest BCUT2D eigenvalue weighted by molar-refractivity contribution is 0.663. The van der Waals surface area contributed by atoms with Gasteiger partial charge in [0.25, 0.3) is 0 Å². The summed E-state index contributed by atoms with van der Waals surface area (Å²) in [6.45, 7) is 0. The Hall–Kier alpha value is -0.520. The number of hydrogen-bond donors (Lipinski definition) is 0. The minimum Gasteiger partial charge on any atom is -0.251 e. The predicted molar refractivity (Wildman–Crippen MR) is 82.3 cm³/mol. The maximum atomic E-state index is 6.28. The average molecular weight is 404 g/mol. The van der Waals surface area contributed by atoms with Gasteiger partial charge in [-0.3, -0.25) is 4.98 Å². The first-order chi connectivity index (χ1) is 9.15. The molecule has 0 saturated carbocycles. The van der Waals surface area contributed by atoms with Crippen LogP contribution >= 0.6 is 43.5 Å². The zero-order chi connectivity index (χ0) is 13.4. The Balaban J connectivity index is 2.13. The maximum absolute atomic E-state index is 6.28. The van der Waals surface area contributed by atoms with Crippen molar-refractivity contribution in [3.8, 4) is 11.5 Å². The molecule has 1 aliphatic carbocycles. The lowest BCUT2D eigenvalue weighted by Gasteiger charge is -2.16. The van der Waals surface area contributed by atoms with E-state index in [0.29, 0.717) is 11.0 Å². The minimum absolute atomic E-state index is 0.566. The van der Waals surface area contributed by atoms with Gasteiger partial charge in [-0.25, -0.2) is 9.97 Å². The Bertz CT molecular complexity index is 646. The van der Waals surface area contributed by atoms with Gasteiger partial charge in [-0.2, -0.15) is 0 Å². The lowest BCUT2D eigenvalue weighted by Crippen LogP contribution is -2.09. The van der Waals surface area contributed by atoms with E-state index in [1.807, 2.05) is 6.07 Å². The van der Waals surface area contributed by atoms with E-state index in [2.05, 4.69) is 46.8 Å². The number of rotatable bonds is 1. The van der Waals surface area contributed by atoms with Crippen LogP contribution in [0.2, 0.25) is 5.15 Å². The number of fused-ring (bicyclic) bond motifs is 1. The van der Waals surface area contributed by atoms with Crippen LogP contribution in [-0.4, -0.2) is 15.0 Å². The first-order valence-electron chi connectivity index (χ1n) is 6.02. The van der Waals surface area contributed by atoms with E-state index in [4.69, 9.17) is 11.6 Å². The third kappa shape index (κ3) is 2.69. The van der Waals surface area contributed by atoms with Crippen molar-refractivity contribution >= 4 is 43.5 Å². The summed E-state index contributed by atoms with van der Waals surface area (Å²) in [5.74, 6) is 0.588. The highest BCUT2D eigenvalue weighted by molar-refractivity contribution is 9.11. The van der Waals surface area contributed by atoms with Crippen molar-refractivity contribution in [3.05, 3.63) is 37.6 Å². The van der Waals surface area contributed by atoms with Gasteiger partial charge in [0.1, 0.15) is 10.8 Å². The molecule has 0 fully saturated rings. The van der Waals surface area contributed by atoms with Gasteiger partial charge >= 0.3 is 0 Å². The molecule has 19 heavy (non-hydrogen) atoms. The third-order valence-corrected chi connectivity index (χ3v) is 4.50. The van der Waals surface area contributed by atoms with E-state index in [9.17, 15) is 0 Å². The first-order valence-corrected chi connectivity index (χ1v) is 7.98. The normalized spacial score (nSPS) is 14.3. The maximum Gasteiger partial charge on any atom is 0.181 e. The molecule has 2 aromatic rings. The smallest absolute Gasteiger partial charge is 0.181 e. The van der Waals surface area contributed by atoms with E-state index in [-0.39, 0.29) is 0 Å². The molecule has 0 aromatic carbocycles. The fourth-order valence-electron chi connectivity index (χ4n) is 2.23. The zero-order valence-corrected chi connectivity index (χ0v) is 13.9. The number of pyridine rings is 1. The second kappa shape index (κ2) is 5.46. The lowest BCUT2D eigenvalue weighted by atomic mass is 9.97. The molecule has 0 bridgehead atoms. The number of halogens is 3. The molecule has 2 aromatic heterocycles. The summed E-state index contributed by atoms with van der Waals surface area (Å²) in [4.78, 5) is 13.4. The van der Waals surface area contributed by atoms with E-state index in [1.165, 1.54) is 0 Å². The van der Waals surface area contributed by atoms with Crippen LogP contribution in [0.25, 0.3) is 11.5 Å². The third-order valence-electron chi connectivity index (χ3n) is 3.15. The summed E-state index contributed by atoms with van der Waals surface area (Å²) in [5.41, 5.74) is 2.89. The van der Waals surface area contributed by atoms with Gasteiger partial charge in [0.05, 0.1) is 0 Å². The summed E-state index contributed by atoms with van der Waals surface area (Å²) in [5, 5.41) is 0.566. The fraction of sp³-hybridized carbons (Fsp3) is 0.308. The molecule has 0 amide bonds. The van der Waals surface area contributed by atoms with E-state index < -0.39 is 0 Å². The Morgan fingerprint density at radius 2 is 1.89 bits per heavy atom. The molecule has 3 rings (SSSR count). The molecule has 0 saturated heterocycles. The zero-order valence-electron chi connectivity index (χ0n) is 9.96. The van der Waals surface area contributed by atoms with Crippen molar-refractivity contribution in [2.75, 3.05) is 0 Å². The van der Waals surface area contributed by atoms with Crippen LogP contribution in [0.1, 0.15) is 24.1 Å². The number of nitrogens with zero attached hydrogens (tertiary/aromatic N) is 3. The monoisotopic (exact) mass is 401 g/mol. The van der Waals surface area contributed by atoms with Gasteiger partial charge in [-0.15, -0.1) is 0 Å². The van der Waals surface area contributed by atoms with Gasteiger partial charge in [-0.1, -0.05) is 11.6 Å². The van der Waals surface area contributed by atoms with Crippen molar-refractivity contribution in [1.29, 1.82) is 0 Å². The van der Waals surface area contributed by atoms with Crippen LogP contribution in [0, 0.1) is 0 Å². The van der Waals surface area contributed by atoms with Crippen LogP contribution in [0.15, 0.2) is 21.2 Å². The Morgan fingerprint density at radius 1 is 1.11 bits per heavy atom. The highest BCUT2D eigenvalue weighted by Gasteiger charge is 2.18. The van der Waals surface area contributed by atoms with Crippen LogP contribution in [-0.2, 0) is 12.8 Å². The molecule has 0 N–H and O–H groups in total. The molecule has 6 heteroatoms. The number of hydrogen-bond acceptors (Lipinski definition) is 3. The quantitative estimate of drug-likeness (QED) is 0.654. The van der Waals surface area contributed by atoms with Crippen molar-refractivity contribution in [2.24, 2.45) is 0 Å². The summed E-state index contributed by atoms with van der Waals surface area (Å²) < 4.78 is 1.76. The first kappa shape index (κ1) is 13.5. The molecule has 98 valence electrons. The molecule has 0 aliphatic heterocycles. The standard InChI is InChI=1S/C13H10Br2ClN3/c14-7-5-9(15)11(17-6-7)13-18-10-4-2-1-3-8(10)12(16)19-13/h5-6H,1-4H2. The summed E-state index contributed by atoms with van der Waals surface area (Å²) >= 11 is 13.2. The average Bonchev–Trinajstić information content (AvgIpc) is 2.38. The fourth-order valence-corrected chi connectivity index (χ4v) is 3.68. The predicted octanol–water partition coefficient (Wildman–Crippen LogP) is 4.60. The summed E-state index contributed by atoms with van der Waals surface area (Å²) in [7, 11) is 0. The molecule has 2 heterocycles. The molecule has 0 radical (unpaired) electrons. The Labute approximate surface area is 133 Å². The van der Waals surface area contributed by atoms with Crippen molar-refractivity contribution in [3.63, 3.8) is 0 Å². The number of aromatic nitrogens is 3. The summed E-state index contributed by atoms with van der Waals surface area (Å²) in [6.07, 6.45) is 6.00. The molecule has 0 atom stereocenters. The van der Waals surface area contributed by atoms with Crippen LogP contribution in [0.5, 0.6) is 0 Å². The SMILES string of the molecule is Clc1nc(-c2ncc(Br)cc2Br)nc2c1CCCC2. The molecule has 0 unspecified atom stereocenters. The van der Waals surface area contributed by atoms with Gasteiger partial charge < -0.3 is 0 Å². The van der Waals surface area contributed by atoms with Crippen molar-refractivity contribution in [2.45, 2.75) is 25.7 Å². The van der Waals surface area contributed by atoms with E-state index >= 15 is 0 Å². The van der Waals surface area contributed by atoms with Crippen LogP contribution < -0.4 is 0 Å². The van der Waals surface area contributed by atoms with Crippen LogP contribution in [0.4, 0.5) is 0 Å². The molecular formula is C13H10Br2ClN3. The highest BCUT2D eigenvalue weighted by Crippen LogP contribution is 2.31. The second-order valence-corrected chi connectivity index (χ2v) is 6.58. The second-order valence-electron chi connectivity index (χ2n) is 4.45. The number of aryl methyl sites for hydroxylation is 1. The Morgan fingerprint density at radius 3 is 2.68 bits per heavy atom. The van der Waals surface area contributed by atoms with Crippen LogP contribution in [0.3, 0.4) is 0 Å². The topological polar surface area (TPSA) is 38.7 Å². The van der Waals surface area contributed by atoms with E-state index in [0.717, 1.165) is 51.6 Å². The van der Waals surface area contributed by atoms with Gasteiger partial charge in [0.2, 0.25) is 0 Å². The summed E-state index contributed by atoms with van der Waals surface area (Å²) in [6, 6.07) is 1.93. The van der Waals surface area contributed by atoms with Crippen molar-refractivity contribution < 1.29 is 0 Å². The van der Waals surface area contributed by atoms with Gasteiger partial charge in [0.15, 0.2) is 5.82 Å². The largest absolute Gasteiger partial charge is 0.251 e. The van der Waals surface area contributed by atoms with Gasteiger partial charge in [0, 0.05) is 26.4 Å². The minimum atomic E-state index is 0.566. The molecule has 0 spiro atoms. The highest BCUT2D eigenvalue weighted by atomic mass is 79.9. The molecule has 1 aliphatic rings. The molecular weight excluding hydrogens is 393 g/mol. The Kier molecular flexibility index (Phi) is 3.87.